The number of amides is 1. The molecule has 2 aromatic rings. The third kappa shape index (κ3) is 4.10. The molecule has 0 spiro atoms. The molecule has 25 heavy (non-hydrogen) atoms. The summed E-state index contributed by atoms with van der Waals surface area (Å²) < 4.78 is 0. The molecule has 0 heterocycles. The van der Waals surface area contributed by atoms with Gasteiger partial charge in [-0.3, -0.25) is 20.3 Å². The first-order valence-corrected chi connectivity index (χ1v) is 7.88. The highest BCUT2D eigenvalue weighted by molar-refractivity contribution is 5.93. The van der Waals surface area contributed by atoms with E-state index >= 15 is 0 Å². The van der Waals surface area contributed by atoms with Gasteiger partial charge in [-0.2, -0.15) is 0 Å². The van der Waals surface area contributed by atoms with Gasteiger partial charge in [0.05, 0.1) is 10.5 Å². The molecule has 0 radical (unpaired) electrons. The second-order valence-corrected chi connectivity index (χ2v) is 5.98. The Balaban J connectivity index is 2.29. The molecule has 0 aliphatic heterocycles. The number of nitro groups is 1. The van der Waals surface area contributed by atoms with Crippen LogP contribution in [-0.4, -0.2) is 10.8 Å². The maximum Gasteiger partial charge on any atom is 0.269 e. The monoisotopic (exact) mass is 339 g/mol. The molecule has 0 aliphatic rings. The van der Waals surface area contributed by atoms with Gasteiger partial charge < -0.3 is 0 Å². The van der Waals surface area contributed by atoms with Crippen molar-refractivity contribution < 1.29 is 9.72 Å². The highest BCUT2D eigenvalue weighted by Crippen LogP contribution is 2.31. The lowest BCUT2D eigenvalue weighted by molar-refractivity contribution is -0.385. The molecular formula is C19H21N3O3. The Morgan fingerprint density at radius 2 is 1.92 bits per heavy atom. The number of non-ortho nitro benzene ring substituents is 1. The minimum Gasteiger partial charge on any atom is -0.287 e. The summed E-state index contributed by atoms with van der Waals surface area (Å²) in [5.41, 5.74) is 6.16. The van der Waals surface area contributed by atoms with E-state index in [2.05, 4.69) is 17.4 Å². The van der Waals surface area contributed by atoms with Crippen molar-refractivity contribution in [2.75, 3.05) is 0 Å². The Labute approximate surface area is 146 Å². The van der Waals surface area contributed by atoms with Crippen molar-refractivity contribution >= 4 is 11.6 Å². The van der Waals surface area contributed by atoms with Gasteiger partial charge in [0, 0.05) is 17.7 Å². The molecule has 0 bridgehead atoms. The summed E-state index contributed by atoms with van der Waals surface area (Å²) >= 11 is 0. The molecule has 0 fully saturated rings. The zero-order valence-corrected chi connectivity index (χ0v) is 14.2. The van der Waals surface area contributed by atoms with E-state index in [1.54, 1.807) is 42.5 Å². The average molecular weight is 339 g/mol. The van der Waals surface area contributed by atoms with Crippen LogP contribution in [0.25, 0.3) is 0 Å². The van der Waals surface area contributed by atoms with E-state index in [0.717, 1.165) is 0 Å². The Hall–Kier alpha value is -2.99. The number of carbonyl (C=O) groups excluding carboxylic acids is 1. The molecule has 2 N–H and O–H groups in total. The number of hydrogen-bond acceptors (Lipinski definition) is 4. The van der Waals surface area contributed by atoms with Gasteiger partial charge in [0.1, 0.15) is 0 Å². The number of hydrazine groups is 1. The van der Waals surface area contributed by atoms with Gasteiger partial charge in [-0.1, -0.05) is 43.3 Å². The molecule has 0 unspecified atom stereocenters. The lowest BCUT2D eigenvalue weighted by Crippen LogP contribution is -2.53. The van der Waals surface area contributed by atoms with Gasteiger partial charge in [-0.15, -0.1) is 6.58 Å². The molecular weight excluding hydrogens is 318 g/mol. The third-order valence-electron chi connectivity index (χ3n) is 4.39. The SMILES string of the molecule is C=C[C@H](C)[C@](C)(NNC(=O)c1ccccc1)c1cccc([N+](=O)[O-])c1. The number of carbonyl (C=O) groups is 1. The largest absolute Gasteiger partial charge is 0.287 e. The zero-order valence-electron chi connectivity index (χ0n) is 14.2. The van der Waals surface area contributed by atoms with Gasteiger partial charge in [-0.25, -0.2) is 5.43 Å². The number of nitro benzene ring substituents is 1. The van der Waals surface area contributed by atoms with Gasteiger partial charge in [0.15, 0.2) is 0 Å². The van der Waals surface area contributed by atoms with Crippen LogP contribution in [-0.2, 0) is 5.54 Å². The highest BCUT2D eigenvalue weighted by Gasteiger charge is 2.33. The highest BCUT2D eigenvalue weighted by atomic mass is 16.6. The summed E-state index contributed by atoms with van der Waals surface area (Å²) in [4.78, 5) is 22.9. The fourth-order valence-corrected chi connectivity index (χ4v) is 2.48. The van der Waals surface area contributed by atoms with Crippen molar-refractivity contribution in [3.05, 3.63) is 88.5 Å². The molecule has 0 aromatic heterocycles. The second-order valence-electron chi connectivity index (χ2n) is 5.98. The molecule has 0 aliphatic carbocycles. The Morgan fingerprint density at radius 1 is 1.24 bits per heavy atom. The van der Waals surface area contributed by atoms with Crippen LogP contribution >= 0.6 is 0 Å². The van der Waals surface area contributed by atoms with Crippen molar-refractivity contribution in [3.8, 4) is 0 Å². The van der Waals surface area contributed by atoms with E-state index in [9.17, 15) is 14.9 Å². The topological polar surface area (TPSA) is 84.3 Å². The Morgan fingerprint density at radius 3 is 2.52 bits per heavy atom. The fraction of sp³-hybridized carbons (Fsp3) is 0.211. The van der Waals surface area contributed by atoms with Crippen LogP contribution < -0.4 is 10.9 Å². The minimum atomic E-state index is -0.766. The van der Waals surface area contributed by atoms with Crippen molar-refractivity contribution in [1.29, 1.82) is 0 Å². The summed E-state index contributed by atoms with van der Waals surface area (Å²) in [5, 5.41) is 11.1. The fourth-order valence-electron chi connectivity index (χ4n) is 2.48. The first-order chi connectivity index (χ1) is 11.9. The zero-order chi connectivity index (χ0) is 18.4. The van der Waals surface area contributed by atoms with Crippen LogP contribution in [0.4, 0.5) is 5.69 Å². The standard InChI is InChI=1S/C19H21N3O3/c1-4-14(2)19(3,16-11-8-12-17(13-16)22(24)25)21-20-18(23)15-9-6-5-7-10-15/h4-14,21H,1H2,2-3H3,(H,20,23)/t14-,19-/m0/s1. The second kappa shape index (κ2) is 7.72. The van der Waals surface area contributed by atoms with Crippen molar-refractivity contribution in [1.82, 2.24) is 10.9 Å². The predicted molar refractivity (Wildman–Crippen MR) is 96.9 cm³/mol. The minimum absolute atomic E-state index is 0.00354. The molecule has 130 valence electrons. The first-order valence-electron chi connectivity index (χ1n) is 7.88. The van der Waals surface area contributed by atoms with Gasteiger partial charge in [-0.05, 0) is 30.5 Å². The molecule has 2 atom stereocenters. The molecule has 6 nitrogen and oxygen atoms in total. The summed E-state index contributed by atoms with van der Waals surface area (Å²) in [6.45, 7) is 7.60. The van der Waals surface area contributed by atoms with Crippen LogP contribution in [0.2, 0.25) is 0 Å². The van der Waals surface area contributed by atoms with Crippen LogP contribution in [0.5, 0.6) is 0 Å². The van der Waals surface area contributed by atoms with Gasteiger partial charge >= 0.3 is 0 Å². The maximum absolute atomic E-state index is 12.3. The van der Waals surface area contributed by atoms with Gasteiger partial charge in [0.2, 0.25) is 0 Å². The summed E-state index contributed by atoms with van der Waals surface area (Å²) in [6, 6.07) is 15.2. The number of hydrogen-bond donors (Lipinski definition) is 2. The molecule has 1 amide bonds. The van der Waals surface area contributed by atoms with E-state index in [4.69, 9.17) is 0 Å². The van der Waals surface area contributed by atoms with Crippen LogP contribution in [0.3, 0.4) is 0 Å². The normalized spacial score (nSPS) is 14.2. The van der Waals surface area contributed by atoms with Crippen LogP contribution in [0.1, 0.15) is 29.8 Å². The number of nitrogens with one attached hydrogen (secondary N) is 2. The molecule has 6 heteroatoms. The summed E-state index contributed by atoms with van der Waals surface area (Å²) in [7, 11) is 0. The Bertz CT molecular complexity index is 776. The van der Waals surface area contributed by atoms with Crippen molar-refractivity contribution in [2.45, 2.75) is 19.4 Å². The van der Waals surface area contributed by atoms with Crippen LogP contribution in [0, 0.1) is 16.0 Å². The van der Waals surface area contributed by atoms with Crippen LogP contribution in [0.15, 0.2) is 67.3 Å². The molecule has 0 saturated heterocycles. The summed E-state index contributed by atoms with van der Waals surface area (Å²) in [6.07, 6.45) is 1.74. The van der Waals surface area contributed by atoms with Gasteiger partial charge in [0.25, 0.3) is 11.6 Å². The van der Waals surface area contributed by atoms with E-state index in [1.807, 2.05) is 19.9 Å². The van der Waals surface area contributed by atoms with Crippen molar-refractivity contribution in [3.63, 3.8) is 0 Å². The number of benzene rings is 2. The lowest BCUT2D eigenvalue weighted by Gasteiger charge is -2.35. The maximum atomic E-state index is 12.3. The number of nitrogens with zero attached hydrogens (tertiary/aromatic N) is 1. The van der Waals surface area contributed by atoms with E-state index in [1.165, 1.54) is 12.1 Å². The predicted octanol–water partition coefficient (Wildman–Crippen LogP) is 3.57. The molecule has 2 aromatic carbocycles. The summed E-state index contributed by atoms with van der Waals surface area (Å²) in [5.74, 6) is -0.390. The van der Waals surface area contributed by atoms with E-state index < -0.39 is 10.5 Å². The molecule has 0 saturated carbocycles. The third-order valence-corrected chi connectivity index (χ3v) is 4.39. The quantitative estimate of drug-likeness (QED) is 0.459. The first kappa shape index (κ1) is 18.4. The van der Waals surface area contributed by atoms with E-state index in [0.29, 0.717) is 11.1 Å². The number of rotatable bonds is 7. The lowest BCUT2D eigenvalue weighted by atomic mass is 9.81. The average Bonchev–Trinajstić information content (AvgIpc) is 2.65. The smallest absolute Gasteiger partial charge is 0.269 e. The molecule has 2 rings (SSSR count). The Kier molecular flexibility index (Phi) is 5.67. The van der Waals surface area contributed by atoms with E-state index in [-0.39, 0.29) is 17.5 Å². The van der Waals surface area contributed by atoms with Crippen molar-refractivity contribution in [2.24, 2.45) is 5.92 Å².